The summed E-state index contributed by atoms with van der Waals surface area (Å²) in [5.41, 5.74) is 3.65. The van der Waals surface area contributed by atoms with Crippen molar-refractivity contribution in [2.45, 2.75) is 20.8 Å². The van der Waals surface area contributed by atoms with Crippen molar-refractivity contribution >= 4 is 38.2 Å². The number of hydrogen-bond donors (Lipinski definition) is 1. The van der Waals surface area contributed by atoms with Gasteiger partial charge in [-0.15, -0.1) is 0 Å². The lowest BCUT2D eigenvalue weighted by Crippen LogP contribution is -2.03. The molecule has 1 N–H and O–H groups in total. The molecule has 4 rings (SSSR count). The second-order valence-corrected chi connectivity index (χ2v) is 7.58. The van der Waals surface area contributed by atoms with E-state index in [1.54, 1.807) is 6.07 Å². The van der Waals surface area contributed by atoms with E-state index in [9.17, 15) is 10.1 Å². The molecule has 29 heavy (non-hydrogen) atoms. The lowest BCUT2D eigenvalue weighted by atomic mass is 10.1. The van der Waals surface area contributed by atoms with E-state index in [2.05, 4.69) is 20.3 Å². The molecular weight excluding hydrogens is 390 g/mol. The Labute approximate surface area is 170 Å². The number of aryl methyl sites for hydroxylation is 3. The number of nitrogens with zero attached hydrogens (tertiary/aromatic N) is 4. The zero-order valence-electron chi connectivity index (χ0n) is 16.0. The Balaban J connectivity index is 1.71. The number of thiazole rings is 1. The van der Waals surface area contributed by atoms with Crippen LogP contribution in [0.15, 0.2) is 42.7 Å². The molecule has 0 spiro atoms. The molecule has 2 heterocycles. The molecule has 2 aromatic carbocycles. The third kappa shape index (κ3) is 3.72. The highest BCUT2D eigenvalue weighted by atomic mass is 32.1. The lowest BCUT2D eigenvalue weighted by molar-refractivity contribution is -0.385. The van der Waals surface area contributed by atoms with Crippen molar-refractivity contribution in [3.05, 3.63) is 69.5 Å². The van der Waals surface area contributed by atoms with Crippen molar-refractivity contribution in [2.75, 3.05) is 5.32 Å². The Morgan fingerprint density at radius 3 is 2.62 bits per heavy atom. The lowest BCUT2D eigenvalue weighted by Gasteiger charge is -2.09. The summed E-state index contributed by atoms with van der Waals surface area (Å²) in [5.74, 6) is 0.366. The number of para-hydroxylation sites is 1. The summed E-state index contributed by atoms with van der Waals surface area (Å²) >= 11 is 1.39. The summed E-state index contributed by atoms with van der Waals surface area (Å²) < 4.78 is 6.70. The molecule has 0 bridgehead atoms. The van der Waals surface area contributed by atoms with E-state index in [4.69, 9.17) is 4.74 Å². The zero-order chi connectivity index (χ0) is 20.5. The van der Waals surface area contributed by atoms with Crippen LogP contribution in [-0.2, 0) is 0 Å². The fraction of sp³-hybridized carbons (Fsp3) is 0.150. The molecule has 2 aromatic heterocycles. The maximum atomic E-state index is 11.8. The molecule has 9 heteroatoms. The smallest absolute Gasteiger partial charge is 0.373 e. The van der Waals surface area contributed by atoms with Crippen LogP contribution in [0.3, 0.4) is 0 Å². The normalized spacial score (nSPS) is 10.9. The van der Waals surface area contributed by atoms with Crippen molar-refractivity contribution in [2.24, 2.45) is 0 Å². The number of benzene rings is 2. The van der Waals surface area contributed by atoms with Gasteiger partial charge >= 0.3 is 11.6 Å². The van der Waals surface area contributed by atoms with E-state index >= 15 is 0 Å². The Kier molecular flexibility index (Phi) is 4.81. The van der Waals surface area contributed by atoms with Crippen LogP contribution in [0.4, 0.5) is 16.6 Å². The van der Waals surface area contributed by atoms with Crippen LogP contribution in [0, 0.1) is 30.9 Å². The molecule has 0 radical (unpaired) electrons. The molecule has 0 fully saturated rings. The molecule has 0 amide bonds. The minimum atomic E-state index is -0.558. The van der Waals surface area contributed by atoms with Crippen LogP contribution < -0.4 is 10.1 Å². The molecule has 0 aliphatic rings. The maximum absolute atomic E-state index is 11.8. The fourth-order valence-corrected chi connectivity index (χ4v) is 3.77. The van der Waals surface area contributed by atoms with E-state index in [1.165, 1.54) is 17.7 Å². The van der Waals surface area contributed by atoms with Crippen LogP contribution in [-0.4, -0.2) is 19.9 Å². The molecule has 146 valence electrons. The van der Waals surface area contributed by atoms with E-state index < -0.39 is 4.92 Å². The third-order valence-electron chi connectivity index (χ3n) is 4.51. The van der Waals surface area contributed by atoms with Crippen LogP contribution in [0.2, 0.25) is 0 Å². The molecular formula is C20H17N5O3S. The number of fused-ring (bicyclic) bond motifs is 1. The second-order valence-electron chi connectivity index (χ2n) is 6.55. The Bertz CT molecular complexity index is 1240. The summed E-state index contributed by atoms with van der Waals surface area (Å²) in [5, 5.41) is 15.2. The van der Waals surface area contributed by atoms with Gasteiger partial charge in [0.2, 0.25) is 5.82 Å². The van der Waals surface area contributed by atoms with Crippen LogP contribution in [0.25, 0.3) is 10.2 Å². The first-order valence-corrected chi connectivity index (χ1v) is 9.61. The number of anilines is 2. The van der Waals surface area contributed by atoms with Crippen molar-refractivity contribution in [1.29, 1.82) is 0 Å². The summed E-state index contributed by atoms with van der Waals surface area (Å²) in [7, 11) is 0. The number of nitrogens with one attached hydrogen (secondary N) is 1. The number of nitro groups is 1. The number of hydrogen-bond acceptors (Lipinski definition) is 8. The van der Waals surface area contributed by atoms with Crippen molar-refractivity contribution < 1.29 is 9.66 Å². The van der Waals surface area contributed by atoms with Gasteiger partial charge in [-0.05, 0) is 55.7 Å². The number of rotatable bonds is 5. The average Bonchev–Trinajstić information content (AvgIpc) is 3.08. The first-order chi connectivity index (χ1) is 13.9. The predicted molar refractivity (Wildman–Crippen MR) is 112 cm³/mol. The standard InChI is InChI=1S/C20H17N5O3S/c1-11-7-8-14(9-13(11)3)28-19-17(25(26)27)18(21-10-22-19)24-20-23-16-12(2)5-4-6-15(16)29-20/h4-10H,1-3H3,(H,21,22,23,24). The SMILES string of the molecule is Cc1ccc(Oc2ncnc(Nc3nc4c(C)cccc4s3)c2[N+](=O)[O-])cc1C. The molecule has 0 saturated heterocycles. The van der Waals surface area contributed by atoms with Gasteiger partial charge in [0.1, 0.15) is 12.1 Å². The largest absolute Gasteiger partial charge is 0.434 e. The number of aromatic nitrogens is 3. The van der Waals surface area contributed by atoms with Gasteiger partial charge in [0.05, 0.1) is 15.1 Å². The van der Waals surface area contributed by atoms with Gasteiger partial charge in [-0.3, -0.25) is 10.1 Å². The second kappa shape index (κ2) is 7.44. The first-order valence-electron chi connectivity index (χ1n) is 8.80. The Morgan fingerprint density at radius 2 is 1.90 bits per heavy atom. The van der Waals surface area contributed by atoms with Crippen LogP contribution in [0.1, 0.15) is 16.7 Å². The van der Waals surface area contributed by atoms with E-state index in [1.807, 2.05) is 51.1 Å². The highest BCUT2D eigenvalue weighted by Crippen LogP contribution is 2.37. The molecule has 0 aliphatic heterocycles. The Morgan fingerprint density at radius 1 is 1.07 bits per heavy atom. The molecule has 0 saturated carbocycles. The topological polar surface area (TPSA) is 103 Å². The monoisotopic (exact) mass is 407 g/mol. The van der Waals surface area contributed by atoms with Gasteiger partial charge in [-0.2, -0.15) is 4.98 Å². The highest BCUT2D eigenvalue weighted by molar-refractivity contribution is 7.22. The van der Waals surface area contributed by atoms with Gasteiger partial charge in [0.25, 0.3) is 0 Å². The van der Waals surface area contributed by atoms with Crippen molar-refractivity contribution in [3.63, 3.8) is 0 Å². The molecule has 4 aromatic rings. The Hall–Kier alpha value is -3.59. The van der Waals surface area contributed by atoms with Gasteiger partial charge in [0.15, 0.2) is 5.13 Å². The van der Waals surface area contributed by atoms with Crippen LogP contribution >= 0.6 is 11.3 Å². The highest BCUT2D eigenvalue weighted by Gasteiger charge is 2.26. The summed E-state index contributed by atoms with van der Waals surface area (Å²) in [4.78, 5) is 23.7. The minimum absolute atomic E-state index is 0.0283. The molecule has 0 unspecified atom stereocenters. The van der Waals surface area contributed by atoms with Gasteiger partial charge in [0, 0.05) is 0 Å². The number of ether oxygens (including phenoxy) is 1. The van der Waals surface area contributed by atoms with Gasteiger partial charge in [-0.25, -0.2) is 9.97 Å². The van der Waals surface area contributed by atoms with Crippen molar-refractivity contribution in [3.8, 4) is 11.6 Å². The maximum Gasteiger partial charge on any atom is 0.373 e. The van der Waals surface area contributed by atoms with Crippen molar-refractivity contribution in [1.82, 2.24) is 15.0 Å². The van der Waals surface area contributed by atoms with Gasteiger partial charge in [-0.1, -0.05) is 29.5 Å². The third-order valence-corrected chi connectivity index (χ3v) is 5.45. The fourth-order valence-electron chi connectivity index (χ4n) is 2.82. The van der Waals surface area contributed by atoms with Gasteiger partial charge < -0.3 is 10.1 Å². The molecule has 8 nitrogen and oxygen atoms in total. The van der Waals surface area contributed by atoms with E-state index in [0.29, 0.717) is 10.9 Å². The molecule has 0 aliphatic carbocycles. The minimum Gasteiger partial charge on any atom is -0.434 e. The average molecular weight is 407 g/mol. The summed E-state index contributed by atoms with van der Waals surface area (Å²) in [6, 6.07) is 11.3. The summed E-state index contributed by atoms with van der Waals surface area (Å²) in [6.45, 7) is 5.89. The van der Waals surface area contributed by atoms with Crippen LogP contribution in [0.5, 0.6) is 11.6 Å². The zero-order valence-corrected chi connectivity index (χ0v) is 16.8. The quantitative estimate of drug-likeness (QED) is 0.346. The summed E-state index contributed by atoms with van der Waals surface area (Å²) in [6.07, 6.45) is 1.23. The van der Waals surface area contributed by atoms with E-state index in [0.717, 1.165) is 26.9 Å². The molecule has 0 atom stereocenters. The van der Waals surface area contributed by atoms with E-state index in [-0.39, 0.29) is 17.4 Å². The first kappa shape index (κ1) is 18.8. The predicted octanol–water partition coefficient (Wildman–Crippen LogP) is 5.46.